The number of rotatable bonds is 4. The van der Waals surface area contributed by atoms with Crippen LogP contribution in [0.15, 0.2) is 54.6 Å². The topological polar surface area (TPSA) is 78.4 Å². The summed E-state index contributed by atoms with van der Waals surface area (Å²) in [4.78, 5) is 25.3. The Labute approximate surface area is 178 Å². The maximum atomic E-state index is 12.7. The lowest BCUT2D eigenvalue weighted by atomic mass is 10.1. The number of amides is 2. The molecule has 0 aliphatic carbocycles. The zero-order valence-electron chi connectivity index (χ0n) is 15.7. The van der Waals surface area contributed by atoms with Gasteiger partial charge in [-0.05, 0) is 67.4 Å². The largest absolute Gasteiger partial charge is 0.507 e. The van der Waals surface area contributed by atoms with Crippen LogP contribution in [0, 0.1) is 13.8 Å². The second kappa shape index (κ2) is 8.55. The van der Waals surface area contributed by atoms with Gasteiger partial charge < -0.3 is 15.7 Å². The van der Waals surface area contributed by atoms with Crippen LogP contribution in [-0.2, 0) is 0 Å². The Morgan fingerprint density at radius 2 is 1.31 bits per heavy atom. The van der Waals surface area contributed by atoms with Crippen molar-refractivity contribution in [3.05, 3.63) is 86.9 Å². The minimum atomic E-state index is -0.554. The minimum Gasteiger partial charge on any atom is -0.507 e. The Kier molecular flexibility index (Phi) is 6.11. The van der Waals surface area contributed by atoms with Crippen LogP contribution in [0.1, 0.15) is 31.8 Å². The number of nitrogens with one attached hydrogen (secondary N) is 2. The van der Waals surface area contributed by atoms with Crippen LogP contribution in [0.4, 0.5) is 11.4 Å². The molecule has 0 aliphatic heterocycles. The van der Waals surface area contributed by atoms with E-state index in [1.165, 1.54) is 18.2 Å². The van der Waals surface area contributed by atoms with Crippen molar-refractivity contribution in [2.75, 3.05) is 10.6 Å². The molecule has 29 heavy (non-hydrogen) atoms. The molecule has 148 valence electrons. The van der Waals surface area contributed by atoms with Crippen molar-refractivity contribution in [1.82, 2.24) is 0 Å². The summed E-state index contributed by atoms with van der Waals surface area (Å²) in [6.45, 7) is 3.57. The highest BCUT2D eigenvalue weighted by atomic mass is 35.5. The highest BCUT2D eigenvalue weighted by Gasteiger charge is 2.17. The normalized spacial score (nSPS) is 10.5. The number of phenolic OH excluding ortho intramolecular Hbond substituents is 1. The monoisotopic (exact) mass is 428 g/mol. The molecule has 0 fully saturated rings. The summed E-state index contributed by atoms with van der Waals surface area (Å²) in [6.07, 6.45) is 0. The van der Waals surface area contributed by atoms with E-state index in [1.807, 2.05) is 0 Å². The van der Waals surface area contributed by atoms with Crippen molar-refractivity contribution in [3.8, 4) is 5.75 Å². The first-order valence-corrected chi connectivity index (χ1v) is 9.49. The SMILES string of the molecule is Cc1c(Cl)cccc1NC(=O)c1ccc(O)c(C(=O)Nc2cccc(Cl)c2C)c1. The maximum absolute atomic E-state index is 12.7. The molecule has 3 aromatic rings. The molecule has 0 saturated carbocycles. The molecule has 2 amide bonds. The van der Waals surface area contributed by atoms with Gasteiger partial charge in [0, 0.05) is 27.0 Å². The number of phenols is 1. The average Bonchev–Trinajstić information content (AvgIpc) is 2.69. The smallest absolute Gasteiger partial charge is 0.259 e. The number of hydrogen-bond donors (Lipinski definition) is 3. The molecule has 3 aromatic carbocycles. The lowest BCUT2D eigenvalue weighted by Gasteiger charge is -2.12. The fourth-order valence-electron chi connectivity index (χ4n) is 2.73. The van der Waals surface area contributed by atoms with Crippen molar-refractivity contribution < 1.29 is 14.7 Å². The molecule has 0 aliphatic rings. The van der Waals surface area contributed by atoms with Crippen LogP contribution >= 0.6 is 23.2 Å². The average molecular weight is 429 g/mol. The number of carbonyl (C=O) groups excluding carboxylic acids is 2. The predicted molar refractivity (Wildman–Crippen MR) is 116 cm³/mol. The van der Waals surface area contributed by atoms with Crippen molar-refractivity contribution in [1.29, 1.82) is 0 Å². The van der Waals surface area contributed by atoms with E-state index in [-0.39, 0.29) is 16.9 Å². The quantitative estimate of drug-likeness (QED) is 0.489. The van der Waals surface area contributed by atoms with Crippen molar-refractivity contribution in [2.24, 2.45) is 0 Å². The van der Waals surface area contributed by atoms with Crippen molar-refractivity contribution in [3.63, 3.8) is 0 Å². The zero-order chi connectivity index (χ0) is 21.1. The summed E-state index contributed by atoms with van der Waals surface area (Å²) in [5, 5.41) is 16.6. The third-order valence-corrected chi connectivity index (χ3v) is 5.35. The molecule has 7 heteroatoms. The van der Waals surface area contributed by atoms with E-state index in [4.69, 9.17) is 23.2 Å². The molecule has 0 aromatic heterocycles. The van der Waals surface area contributed by atoms with Gasteiger partial charge in [0.1, 0.15) is 5.75 Å². The van der Waals surface area contributed by atoms with E-state index < -0.39 is 11.8 Å². The van der Waals surface area contributed by atoms with Gasteiger partial charge in [-0.15, -0.1) is 0 Å². The van der Waals surface area contributed by atoms with Crippen molar-refractivity contribution in [2.45, 2.75) is 13.8 Å². The van der Waals surface area contributed by atoms with Crippen LogP contribution in [0.25, 0.3) is 0 Å². The van der Waals surface area contributed by atoms with E-state index >= 15 is 0 Å². The second-order valence-corrected chi connectivity index (χ2v) is 7.28. The molecular weight excluding hydrogens is 411 g/mol. The van der Waals surface area contributed by atoms with Gasteiger partial charge in [-0.3, -0.25) is 9.59 Å². The van der Waals surface area contributed by atoms with E-state index in [9.17, 15) is 14.7 Å². The van der Waals surface area contributed by atoms with Crippen molar-refractivity contribution >= 4 is 46.4 Å². The van der Waals surface area contributed by atoms with Crippen LogP contribution < -0.4 is 10.6 Å². The van der Waals surface area contributed by atoms with Gasteiger partial charge in [-0.25, -0.2) is 0 Å². The number of aromatic hydroxyl groups is 1. The van der Waals surface area contributed by atoms with E-state index in [0.717, 1.165) is 5.56 Å². The Morgan fingerprint density at radius 3 is 1.86 bits per heavy atom. The predicted octanol–water partition coefficient (Wildman–Crippen LogP) is 5.82. The molecule has 0 bridgehead atoms. The highest BCUT2D eigenvalue weighted by molar-refractivity contribution is 6.32. The third kappa shape index (κ3) is 4.53. The lowest BCUT2D eigenvalue weighted by molar-refractivity contribution is 0.102. The maximum Gasteiger partial charge on any atom is 0.259 e. The van der Waals surface area contributed by atoms with Gasteiger partial charge in [0.15, 0.2) is 0 Å². The standard InChI is InChI=1S/C22H18Cl2N2O3/c1-12-16(23)5-3-7-18(12)25-21(28)14-9-10-20(27)15(11-14)22(29)26-19-8-4-6-17(24)13(19)2/h3-11,27H,1-2H3,(H,25,28)(H,26,29). The Bertz CT molecular complexity index is 1110. The molecule has 0 heterocycles. The number of anilines is 2. The molecule has 5 nitrogen and oxygen atoms in total. The second-order valence-electron chi connectivity index (χ2n) is 6.46. The summed E-state index contributed by atoms with van der Waals surface area (Å²) in [7, 11) is 0. The van der Waals surface area contributed by atoms with E-state index in [1.54, 1.807) is 50.2 Å². The summed E-state index contributed by atoms with van der Waals surface area (Å²) in [5.74, 6) is -1.22. The molecule has 0 spiro atoms. The molecule has 0 atom stereocenters. The first-order chi connectivity index (χ1) is 13.8. The molecular formula is C22H18Cl2N2O3. The molecule has 3 N–H and O–H groups in total. The summed E-state index contributed by atoms with van der Waals surface area (Å²) < 4.78 is 0. The van der Waals surface area contributed by atoms with Gasteiger partial charge in [0.05, 0.1) is 5.56 Å². The number of carbonyl (C=O) groups is 2. The van der Waals surface area contributed by atoms with Gasteiger partial charge in [-0.2, -0.15) is 0 Å². The Morgan fingerprint density at radius 1 is 0.793 bits per heavy atom. The number of halogens is 2. The fourth-order valence-corrected chi connectivity index (χ4v) is 3.08. The summed E-state index contributed by atoms with van der Waals surface area (Å²) in [5.41, 5.74) is 2.71. The first kappa shape index (κ1) is 20.7. The highest BCUT2D eigenvalue weighted by Crippen LogP contribution is 2.27. The van der Waals surface area contributed by atoms with Gasteiger partial charge >= 0.3 is 0 Å². The van der Waals surface area contributed by atoms with Crippen LogP contribution in [0.2, 0.25) is 10.0 Å². The molecule has 0 saturated heterocycles. The summed E-state index contributed by atoms with van der Waals surface area (Å²) in [6, 6.07) is 14.4. The third-order valence-electron chi connectivity index (χ3n) is 4.54. The number of hydrogen-bond acceptors (Lipinski definition) is 3. The summed E-state index contributed by atoms with van der Waals surface area (Å²) >= 11 is 12.2. The van der Waals surface area contributed by atoms with Gasteiger partial charge in [0.2, 0.25) is 0 Å². The van der Waals surface area contributed by atoms with Gasteiger partial charge in [-0.1, -0.05) is 35.3 Å². The Hall–Kier alpha value is -3.02. The molecule has 0 unspecified atom stereocenters. The van der Waals surface area contributed by atoms with E-state index in [0.29, 0.717) is 27.0 Å². The lowest BCUT2D eigenvalue weighted by Crippen LogP contribution is -2.16. The van der Waals surface area contributed by atoms with Gasteiger partial charge in [0.25, 0.3) is 11.8 Å². The van der Waals surface area contributed by atoms with Crippen LogP contribution in [0.3, 0.4) is 0 Å². The molecule has 0 radical (unpaired) electrons. The van der Waals surface area contributed by atoms with E-state index in [2.05, 4.69) is 10.6 Å². The minimum absolute atomic E-state index is 0.0279. The van der Waals surface area contributed by atoms with Crippen LogP contribution in [-0.4, -0.2) is 16.9 Å². The number of benzene rings is 3. The van der Waals surface area contributed by atoms with Crippen LogP contribution in [0.5, 0.6) is 5.75 Å². The zero-order valence-corrected chi connectivity index (χ0v) is 17.2. The fraction of sp³-hybridized carbons (Fsp3) is 0.0909. The first-order valence-electron chi connectivity index (χ1n) is 8.74. The Balaban J connectivity index is 1.85. The molecule has 3 rings (SSSR count).